The number of amides is 3. The van der Waals surface area contributed by atoms with E-state index in [4.69, 9.17) is 20.4 Å². The van der Waals surface area contributed by atoms with Crippen molar-refractivity contribution < 1.29 is 34.4 Å². The number of phenolic OH excluding ortho intramolecular Hbond substituents is 2. The van der Waals surface area contributed by atoms with Gasteiger partial charge in [-0.3, -0.25) is 19.3 Å². The van der Waals surface area contributed by atoms with Gasteiger partial charge in [-0.2, -0.15) is 0 Å². The highest BCUT2D eigenvalue weighted by Gasteiger charge is 2.43. The van der Waals surface area contributed by atoms with Crippen molar-refractivity contribution >= 4 is 29.5 Å². The van der Waals surface area contributed by atoms with E-state index >= 15 is 0 Å². The normalized spacial score (nSPS) is 18.8. The molecule has 8 heterocycles. The van der Waals surface area contributed by atoms with Crippen molar-refractivity contribution in [1.82, 2.24) is 54.5 Å². The third kappa shape index (κ3) is 8.90. The van der Waals surface area contributed by atoms with Gasteiger partial charge in [-0.05, 0) is 66.3 Å². The summed E-state index contributed by atoms with van der Waals surface area (Å²) in [6.07, 6.45) is 7.33. The Morgan fingerprint density at radius 1 is 0.838 bits per heavy atom. The number of nitrogen functional groups attached to an aromatic ring is 1. The molecule has 3 aromatic heterocycles. The maximum atomic E-state index is 13.9. The number of benzene rings is 2. The van der Waals surface area contributed by atoms with E-state index in [1.165, 1.54) is 6.07 Å². The minimum absolute atomic E-state index is 0.0155. The van der Waals surface area contributed by atoms with Crippen LogP contribution in [0.2, 0.25) is 0 Å². The number of morpholine rings is 1. The average Bonchev–Trinajstić information content (AvgIpc) is 4.03. The number of phenols is 2. The molecule has 356 valence electrons. The van der Waals surface area contributed by atoms with E-state index in [0.29, 0.717) is 128 Å². The first-order valence-electron chi connectivity index (χ1n) is 23.5. The van der Waals surface area contributed by atoms with Crippen LogP contribution in [0.15, 0.2) is 48.9 Å². The number of aromatic nitrogens is 7. The largest absolute Gasteiger partial charge is 0.508 e. The van der Waals surface area contributed by atoms with Gasteiger partial charge in [-0.15, -0.1) is 5.10 Å². The van der Waals surface area contributed by atoms with Crippen LogP contribution < -0.4 is 10.6 Å². The van der Waals surface area contributed by atoms with Gasteiger partial charge in [-0.1, -0.05) is 37.3 Å². The molecule has 0 atom stereocenters. The number of nitrogens with two attached hydrogens (primary N) is 1. The van der Waals surface area contributed by atoms with E-state index in [9.17, 15) is 29.7 Å². The lowest BCUT2D eigenvalue weighted by molar-refractivity contribution is -0.158. The molecular weight excluding hydrogens is 871 g/mol. The fraction of sp³-hybridized carbons (Fsp3) is 0.479. The molecule has 20 nitrogen and oxygen atoms in total. The molecule has 3 fully saturated rings. The van der Waals surface area contributed by atoms with Crippen molar-refractivity contribution in [2.24, 2.45) is 0 Å². The fourth-order valence-corrected chi connectivity index (χ4v) is 10.2. The first-order valence-corrected chi connectivity index (χ1v) is 23.5. The fourth-order valence-electron chi connectivity index (χ4n) is 10.2. The van der Waals surface area contributed by atoms with Gasteiger partial charge in [0, 0.05) is 89.5 Å². The second-order valence-corrected chi connectivity index (χ2v) is 19.0. The SMILES string of the molecule is CC(C)c1cc(C(=O)N2Cc3ccc(CN4CCC(O)(C(=O)N5CCC(n6cc(C(=O)N7CCc8c(nc(-c9cnc(N)nc9)nc8N8CCOCC8)C7)nn6)CC5)CC4)cc3C2)c(O)cc1O. The molecule has 10 rings (SSSR count). The number of piperidine rings is 2. The molecule has 2 aromatic carbocycles. The van der Waals surface area contributed by atoms with Crippen molar-refractivity contribution in [3.63, 3.8) is 0 Å². The molecule has 5 aliphatic rings. The van der Waals surface area contributed by atoms with Crippen LogP contribution in [0.5, 0.6) is 11.5 Å². The number of hydrogen-bond donors (Lipinski definition) is 4. The number of likely N-dealkylation sites (tertiary alicyclic amines) is 2. The van der Waals surface area contributed by atoms with Gasteiger partial charge >= 0.3 is 0 Å². The van der Waals surface area contributed by atoms with E-state index in [2.05, 4.69) is 42.2 Å². The zero-order chi connectivity index (χ0) is 47.3. The number of fused-ring (bicyclic) bond motifs is 2. The van der Waals surface area contributed by atoms with E-state index in [-0.39, 0.29) is 64.9 Å². The van der Waals surface area contributed by atoms with Crippen molar-refractivity contribution in [3.8, 4) is 22.9 Å². The molecule has 68 heavy (non-hydrogen) atoms. The number of rotatable bonds is 9. The number of carbonyl (C=O) groups is 3. The Bertz CT molecular complexity index is 2720. The van der Waals surface area contributed by atoms with E-state index in [1.807, 2.05) is 19.9 Å². The number of hydrogen-bond acceptors (Lipinski definition) is 16. The molecule has 5 aromatic rings. The van der Waals surface area contributed by atoms with Gasteiger partial charge in [0.15, 0.2) is 11.5 Å². The van der Waals surface area contributed by atoms with Crippen LogP contribution in [0, 0.1) is 0 Å². The molecule has 0 aliphatic carbocycles. The summed E-state index contributed by atoms with van der Waals surface area (Å²) in [4.78, 5) is 69.0. The van der Waals surface area contributed by atoms with Crippen LogP contribution in [0.25, 0.3) is 11.4 Å². The summed E-state index contributed by atoms with van der Waals surface area (Å²) >= 11 is 0. The summed E-state index contributed by atoms with van der Waals surface area (Å²) in [6.45, 7) is 10.7. The van der Waals surface area contributed by atoms with Gasteiger partial charge in [0.05, 0.1) is 48.8 Å². The molecule has 0 spiro atoms. The average molecular weight is 928 g/mol. The molecule has 3 saturated heterocycles. The highest BCUT2D eigenvalue weighted by atomic mass is 16.5. The Morgan fingerprint density at radius 2 is 1.57 bits per heavy atom. The van der Waals surface area contributed by atoms with Crippen molar-refractivity contribution in [1.29, 1.82) is 0 Å². The Hall–Kier alpha value is -6.77. The van der Waals surface area contributed by atoms with Gasteiger partial charge in [0.25, 0.3) is 17.7 Å². The van der Waals surface area contributed by atoms with Crippen LogP contribution in [0.4, 0.5) is 11.8 Å². The smallest absolute Gasteiger partial charge is 0.276 e. The summed E-state index contributed by atoms with van der Waals surface area (Å²) in [5.74, 6) is 0.391. The molecule has 5 aliphatic heterocycles. The highest BCUT2D eigenvalue weighted by Crippen LogP contribution is 2.36. The third-order valence-corrected chi connectivity index (χ3v) is 14.2. The number of nitrogens with zero attached hydrogens (tertiary/aromatic N) is 12. The van der Waals surface area contributed by atoms with Crippen LogP contribution in [-0.2, 0) is 42.1 Å². The van der Waals surface area contributed by atoms with Gasteiger partial charge in [0.2, 0.25) is 5.95 Å². The van der Waals surface area contributed by atoms with Crippen LogP contribution in [0.3, 0.4) is 0 Å². The number of ether oxygens (including phenoxy) is 1. The standard InChI is InChI=1S/C48H57N13O7/c1-29(2)36-20-37(41(63)21-40(36)62)44(64)60-25-31-4-3-30(19-32(31)26-60)24-56-13-8-48(67,9-14-56)46(66)58-10-5-34(6-11-58)61-28-39(54-55-61)45(65)59-12-7-35-38(27-59)52-42(33-22-50-47(49)51-23-33)53-43(35)57-15-17-68-18-16-57/h3-4,19-23,28-29,34,62-63,67H,5-18,24-27H2,1-2H3,(H2,49,50,51). The van der Waals surface area contributed by atoms with Crippen LogP contribution in [-0.4, -0.2) is 152 Å². The van der Waals surface area contributed by atoms with Crippen LogP contribution >= 0.6 is 0 Å². The van der Waals surface area contributed by atoms with Gasteiger partial charge in [0.1, 0.15) is 22.9 Å². The Kier molecular flexibility index (Phi) is 12.2. The van der Waals surface area contributed by atoms with Gasteiger partial charge < -0.3 is 45.4 Å². The molecule has 0 bridgehead atoms. The number of anilines is 2. The van der Waals surface area contributed by atoms with Crippen LogP contribution in [0.1, 0.15) is 106 Å². The molecular formula is C48H57N13O7. The van der Waals surface area contributed by atoms with Crippen molar-refractivity contribution in [2.45, 2.75) is 89.7 Å². The zero-order valence-electron chi connectivity index (χ0n) is 38.4. The second kappa shape index (κ2) is 18.4. The molecule has 20 heteroatoms. The Labute approximate surface area is 393 Å². The summed E-state index contributed by atoms with van der Waals surface area (Å²) in [6, 6.07) is 8.98. The second-order valence-electron chi connectivity index (χ2n) is 19.0. The lowest BCUT2D eigenvalue weighted by atomic mass is 9.88. The molecule has 0 radical (unpaired) electrons. The lowest BCUT2D eigenvalue weighted by Gasteiger charge is -2.41. The van der Waals surface area contributed by atoms with E-state index in [0.717, 1.165) is 33.8 Å². The maximum Gasteiger partial charge on any atom is 0.276 e. The van der Waals surface area contributed by atoms with Crippen molar-refractivity contribution in [3.05, 3.63) is 93.7 Å². The topological polar surface area (TPSA) is 246 Å². The zero-order valence-corrected chi connectivity index (χ0v) is 38.4. The van der Waals surface area contributed by atoms with Gasteiger partial charge in [-0.25, -0.2) is 24.6 Å². The summed E-state index contributed by atoms with van der Waals surface area (Å²) in [7, 11) is 0. The minimum Gasteiger partial charge on any atom is -0.508 e. The number of carbonyl (C=O) groups excluding carboxylic acids is 3. The van der Waals surface area contributed by atoms with Crippen molar-refractivity contribution in [2.75, 3.05) is 69.7 Å². The predicted octanol–water partition coefficient (Wildman–Crippen LogP) is 3.02. The monoisotopic (exact) mass is 927 g/mol. The molecule has 5 N–H and O–H groups in total. The summed E-state index contributed by atoms with van der Waals surface area (Å²) in [5.41, 5.74) is 10.9. The highest BCUT2D eigenvalue weighted by molar-refractivity contribution is 5.97. The third-order valence-electron chi connectivity index (χ3n) is 14.2. The quantitative estimate of drug-likeness (QED) is 0.166. The number of aromatic hydroxyl groups is 2. The Morgan fingerprint density at radius 3 is 2.31 bits per heavy atom. The molecule has 0 unspecified atom stereocenters. The summed E-state index contributed by atoms with van der Waals surface area (Å²) in [5, 5.41) is 41.1. The first-order chi connectivity index (χ1) is 32.8. The maximum absolute atomic E-state index is 13.9. The minimum atomic E-state index is -1.45. The lowest BCUT2D eigenvalue weighted by Crippen LogP contribution is -2.56. The van der Waals surface area contributed by atoms with E-state index < -0.39 is 5.60 Å². The first kappa shape index (κ1) is 45.0. The van der Waals surface area contributed by atoms with E-state index in [1.54, 1.807) is 44.0 Å². The predicted molar refractivity (Wildman–Crippen MR) is 247 cm³/mol. The molecule has 0 saturated carbocycles. The number of aliphatic hydroxyl groups is 1. The summed E-state index contributed by atoms with van der Waals surface area (Å²) < 4.78 is 7.33. The Balaban J connectivity index is 0.715. The molecule has 3 amide bonds.